The van der Waals surface area contributed by atoms with E-state index in [1.807, 2.05) is 31.2 Å². The zero-order valence-corrected chi connectivity index (χ0v) is 10.8. The predicted molar refractivity (Wildman–Crippen MR) is 71.7 cm³/mol. The molecule has 1 N–H and O–H groups in total. The maximum Gasteiger partial charge on any atom is 0.134 e. The van der Waals surface area contributed by atoms with Gasteiger partial charge in [0.2, 0.25) is 0 Å². The number of hydrogen-bond donors (Lipinski definition) is 1. The van der Waals surface area contributed by atoms with Gasteiger partial charge in [-0.3, -0.25) is 4.98 Å². The number of aromatic nitrogens is 1. The van der Waals surface area contributed by atoms with E-state index in [9.17, 15) is 5.11 Å². The molecule has 0 fully saturated rings. The number of hydrogen-bond acceptors (Lipinski definition) is 4. The van der Waals surface area contributed by atoms with E-state index in [1.54, 1.807) is 23.0 Å². The second-order valence-electron chi connectivity index (χ2n) is 4.26. The Balaban J connectivity index is 2.00. The van der Waals surface area contributed by atoms with Crippen LogP contribution in [-0.4, -0.2) is 10.1 Å². The van der Waals surface area contributed by atoms with E-state index < -0.39 is 6.10 Å². The van der Waals surface area contributed by atoms with Crippen LogP contribution in [0.25, 0.3) is 11.0 Å². The number of rotatable bonds is 3. The maximum absolute atomic E-state index is 10.4. The monoisotopic (exact) mass is 259 g/mol. The molecule has 1 unspecified atom stereocenters. The van der Waals surface area contributed by atoms with Crippen LogP contribution in [0.3, 0.4) is 0 Å². The highest BCUT2D eigenvalue weighted by molar-refractivity contribution is 7.09. The van der Waals surface area contributed by atoms with E-state index in [0.29, 0.717) is 6.42 Å². The third-order valence-corrected chi connectivity index (χ3v) is 3.83. The molecule has 0 spiro atoms. The van der Waals surface area contributed by atoms with Crippen LogP contribution in [0.1, 0.15) is 22.3 Å². The normalized spacial score (nSPS) is 13.0. The molecule has 1 atom stereocenters. The molecule has 0 saturated carbocycles. The van der Waals surface area contributed by atoms with Crippen molar-refractivity contribution in [1.29, 1.82) is 0 Å². The lowest BCUT2D eigenvalue weighted by Crippen LogP contribution is -2.01. The van der Waals surface area contributed by atoms with Gasteiger partial charge in [0.25, 0.3) is 0 Å². The van der Waals surface area contributed by atoms with E-state index in [1.165, 1.54) is 0 Å². The zero-order chi connectivity index (χ0) is 12.5. The molecular formula is C14H13NO2S. The molecule has 2 aromatic heterocycles. The molecule has 3 nitrogen and oxygen atoms in total. The van der Waals surface area contributed by atoms with Crippen LogP contribution in [0.4, 0.5) is 0 Å². The molecule has 3 aromatic rings. The van der Waals surface area contributed by atoms with Crippen LogP contribution in [0.15, 0.2) is 40.4 Å². The van der Waals surface area contributed by atoms with Crippen molar-refractivity contribution in [1.82, 2.24) is 4.98 Å². The average Bonchev–Trinajstić information content (AvgIpc) is 2.94. The van der Waals surface area contributed by atoms with Gasteiger partial charge >= 0.3 is 0 Å². The summed E-state index contributed by atoms with van der Waals surface area (Å²) in [7, 11) is 0. The minimum absolute atomic E-state index is 0.547. The molecule has 0 aliphatic carbocycles. The summed E-state index contributed by atoms with van der Waals surface area (Å²) in [5, 5.41) is 11.4. The predicted octanol–water partition coefficient (Wildman–Crippen LogP) is 3.47. The van der Waals surface area contributed by atoms with Crippen molar-refractivity contribution in [3.63, 3.8) is 0 Å². The van der Waals surface area contributed by atoms with Gasteiger partial charge in [-0.25, -0.2) is 0 Å². The lowest BCUT2D eigenvalue weighted by atomic mass is 10.0. The molecule has 0 aliphatic heterocycles. The number of nitrogens with zero attached hydrogens (tertiary/aromatic N) is 1. The topological polar surface area (TPSA) is 46.3 Å². The summed E-state index contributed by atoms with van der Waals surface area (Å²) in [4.78, 5) is 5.10. The Labute approximate surface area is 109 Å². The largest absolute Gasteiger partial charge is 0.461 e. The minimum Gasteiger partial charge on any atom is -0.461 e. The Hall–Kier alpha value is -1.65. The zero-order valence-electron chi connectivity index (χ0n) is 9.96. The van der Waals surface area contributed by atoms with Crippen LogP contribution in [-0.2, 0) is 6.42 Å². The van der Waals surface area contributed by atoms with Crippen molar-refractivity contribution in [2.24, 2.45) is 0 Å². The highest BCUT2D eigenvalue weighted by Gasteiger charge is 2.19. The number of aliphatic hydroxyl groups excluding tert-OH is 1. The number of furan rings is 1. The molecule has 2 heterocycles. The SMILES string of the molecule is Cc1oc2ccccc2c1C(O)Cc1cncs1. The molecule has 0 amide bonds. The number of para-hydroxylation sites is 1. The lowest BCUT2D eigenvalue weighted by Gasteiger charge is -2.08. The summed E-state index contributed by atoms with van der Waals surface area (Å²) >= 11 is 1.56. The van der Waals surface area contributed by atoms with E-state index in [0.717, 1.165) is 27.2 Å². The highest BCUT2D eigenvalue weighted by atomic mass is 32.1. The van der Waals surface area contributed by atoms with Gasteiger partial charge in [0.1, 0.15) is 11.3 Å². The summed E-state index contributed by atoms with van der Waals surface area (Å²) in [5.41, 5.74) is 3.50. The van der Waals surface area contributed by atoms with E-state index in [-0.39, 0.29) is 0 Å². The first-order valence-electron chi connectivity index (χ1n) is 5.79. The molecule has 0 saturated heterocycles. The first kappa shape index (κ1) is 11.4. The third kappa shape index (κ3) is 1.94. The second-order valence-corrected chi connectivity index (χ2v) is 5.23. The van der Waals surface area contributed by atoms with Gasteiger partial charge < -0.3 is 9.52 Å². The summed E-state index contributed by atoms with van der Waals surface area (Å²) in [6.07, 6.45) is 1.83. The van der Waals surface area contributed by atoms with Crippen LogP contribution in [0.5, 0.6) is 0 Å². The quantitative estimate of drug-likeness (QED) is 0.783. The first-order valence-corrected chi connectivity index (χ1v) is 6.67. The van der Waals surface area contributed by atoms with E-state index >= 15 is 0 Å². The maximum atomic E-state index is 10.4. The van der Waals surface area contributed by atoms with Crippen LogP contribution < -0.4 is 0 Å². The molecule has 3 rings (SSSR count). The van der Waals surface area contributed by atoms with Crippen LogP contribution in [0, 0.1) is 6.92 Å². The molecule has 0 bridgehead atoms. The molecule has 1 aromatic carbocycles. The Morgan fingerprint density at radius 2 is 2.22 bits per heavy atom. The third-order valence-electron chi connectivity index (χ3n) is 3.03. The minimum atomic E-state index is -0.547. The van der Waals surface area contributed by atoms with Crippen molar-refractivity contribution >= 4 is 22.3 Å². The van der Waals surface area contributed by atoms with Gasteiger partial charge in [-0.15, -0.1) is 11.3 Å². The highest BCUT2D eigenvalue weighted by Crippen LogP contribution is 2.32. The van der Waals surface area contributed by atoms with Gasteiger partial charge in [-0.1, -0.05) is 18.2 Å². The Bertz CT molecular complexity index is 658. The number of aryl methyl sites for hydroxylation is 1. The summed E-state index contributed by atoms with van der Waals surface area (Å²) in [6, 6.07) is 7.80. The van der Waals surface area contributed by atoms with Crippen molar-refractivity contribution < 1.29 is 9.52 Å². The van der Waals surface area contributed by atoms with Gasteiger partial charge in [0.05, 0.1) is 11.6 Å². The average molecular weight is 259 g/mol. The van der Waals surface area contributed by atoms with Crippen LogP contribution >= 0.6 is 11.3 Å². The van der Waals surface area contributed by atoms with E-state index in [2.05, 4.69) is 4.98 Å². The summed E-state index contributed by atoms with van der Waals surface area (Å²) in [6.45, 7) is 1.89. The van der Waals surface area contributed by atoms with Crippen molar-refractivity contribution in [3.05, 3.63) is 52.2 Å². The summed E-state index contributed by atoms with van der Waals surface area (Å²) in [5.74, 6) is 0.785. The lowest BCUT2D eigenvalue weighted by molar-refractivity contribution is 0.178. The molecule has 0 radical (unpaired) electrons. The van der Waals surface area contributed by atoms with Crippen molar-refractivity contribution in [2.75, 3.05) is 0 Å². The fourth-order valence-electron chi connectivity index (χ4n) is 2.24. The molecule has 4 heteroatoms. The Morgan fingerprint density at radius 1 is 1.39 bits per heavy atom. The smallest absolute Gasteiger partial charge is 0.134 e. The van der Waals surface area contributed by atoms with Gasteiger partial charge in [-0.2, -0.15) is 0 Å². The first-order chi connectivity index (χ1) is 8.75. The van der Waals surface area contributed by atoms with Crippen molar-refractivity contribution in [2.45, 2.75) is 19.4 Å². The fourth-order valence-corrected chi connectivity index (χ4v) is 2.87. The molecule has 92 valence electrons. The molecule has 18 heavy (non-hydrogen) atoms. The van der Waals surface area contributed by atoms with Crippen molar-refractivity contribution in [3.8, 4) is 0 Å². The number of fused-ring (bicyclic) bond motifs is 1. The summed E-state index contributed by atoms with van der Waals surface area (Å²) < 4.78 is 5.67. The Kier molecular flexibility index (Phi) is 2.89. The van der Waals surface area contributed by atoms with Gasteiger partial charge in [0, 0.05) is 28.4 Å². The Morgan fingerprint density at radius 3 is 3.00 bits per heavy atom. The number of benzene rings is 1. The standard InChI is InChI=1S/C14H13NO2S/c1-9-14(11-4-2-3-5-13(11)17-9)12(16)6-10-7-15-8-18-10/h2-5,7-8,12,16H,6H2,1H3. The molecular weight excluding hydrogens is 246 g/mol. The number of aliphatic hydroxyl groups is 1. The molecule has 0 aliphatic rings. The van der Waals surface area contributed by atoms with Crippen LogP contribution in [0.2, 0.25) is 0 Å². The fraction of sp³-hybridized carbons (Fsp3) is 0.214. The van der Waals surface area contributed by atoms with E-state index in [4.69, 9.17) is 4.42 Å². The number of thiazole rings is 1. The second kappa shape index (κ2) is 4.55. The van der Waals surface area contributed by atoms with Gasteiger partial charge in [0.15, 0.2) is 0 Å². The van der Waals surface area contributed by atoms with Gasteiger partial charge in [-0.05, 0) is 13.0 Å².